The molecule has 10 rings (SSSR count). The minimum absolute atomic E-state index is 0.271. The monoisotopic (exact) mass is 750 g/mol. The van der Waals surface area contributed by atoms with Crippen molar-refractivity contribution in [2.75, 3.05) is 4.90 Å². The van der Waals surface area contributed by atoms with Crippen LogP contribution in [0.4, 0.5) is 5.69 Å². The van der Waals surface area contributed by atoms with Gasteiger partial charge in [-0.05, 0) is 98.3 Å². The third-order valence-corrected chi connectivity index (χ3v) is 11.8. The Hall–Kier alpha value is -7.04. The fourth-order valence-electron chi connectivity index (χ4n) is 9.43. The van der Waals surface area contributed by atoms with Crippen LogP contribution in [0.1, 0.15) is 63.6 Å². The fraction of sp³-hybridized carbons (Fsp3) is 0.111. The standard InChI is InChI=1S/C54H42N2O2/c1-33-25-34(2)28-41(27-33)39-21-23-48-46(31-39)47-32-40(42-29-35(3)26-36(4)30-42)22-24-49(47)55(48)50-20-12-19-45-51(50)54(58)56(53(45)57)52-43(37-13-7-5-8-14-37)17-11-18-44(52)38-15-9-6-10-16-38/h5-29,31-32,42H,30H2,1-4H3. The summed E-state index contributed by atoms with van der Waals surface area (Å²) < 4.78 is 2.20. The van der Waals surface area contributed by atoms with Crippen LogP contribution in [-0.4, -0.2) is 16.4 Å². The molecule has 2 aliphatic rings. The van der Waals surface area contributed by atoms with Crippen LogP contribution in [0.25, 0.3) is 60.9 Å². The van der Waals surface area contributed by atoms with Gasteiger partial charge < -0.3 is 4.57 Å². The smallest absolute Gasteiger partial charge is 0.268 e. The van der Waals surface area contributed by atoms with Crippen LogP contribution in [0, 0.1) is 13.8 Å². The zero-order valence-corrected chi connectivity index (χ0v) is 33.1. The summed E-state index contributed by atoms with van der Waals surface area (Å²) in [6.07, 6.45) is 5.62. The van der Waals surface area contributed by atoms with E-state index in [0.717, 1.165) is 56.0 Å². The van der Waals surface area contributed by atoms with Crippen molar-refractivity contribution < 1.29 is 9.59 Å². The molecule has 0 saturated carbocycles. The minimum atomic E-state index is -0.334. The van der Waals surface area contributed by atoms with Crippen molar-refractivity contribution in [1.29, 1.82) is 0 Å². The molecule has 0 N–H and O–H groups in total. The van der Waals surface area contributed by atoms with Crippen molar-refractivity contribution in [2.45, 2.75) is 40.0 Å². The van der Waals surface area contributed by atoms with Crippen LogP contribution < -0.4 is 4.90 Å². The molecule has 58 heavy (non-hydrogen) atoms. The number of rotatable bonds is 6. The molecular weight excluding hydrogens is 709 g/mol. The van der Waals surface area contributed by atoms with Gasteiger partial charge in [0.25, 0.3) is 11.8 Å². The molecule has 0 saturated heterocycles. The number of benzene rings is 7. The number of hydrogen-bond donors (Lipinski definition) is 0. The molecule has 8 aromatic rings. The first-order valence-electron chi connectivity index (χ1n) is 20.0. The van der Waals surface area contributed by atoms with Crippen LogP contribution >= 0.6 is 0 Å². The molecule has 1 aliphatic heterocycles. The highest BCUT2D eigenvalue weighted by atomic mass is 16.2. The predicted octanol–water partition coefficient (Wildman–Crippen LogP) is 13.6. The second-order valence-corrected chi connectivity index (χ2v) is 16.0. The van der Waals surface area contributed by atoms with Crippen molar-refractivity contribution in [2.24, 2.45) is 0 Å². The number of anilines is 1. The second kappa shape index (κ2) is 13.9. The lowest BCUT2D eigenvalue weighted by Crippen LogP contribution is -2.30. The Labute approximate surface area is 339 Å². The quantitative estimate of drug-likeness (QED) is 0.159. The van der Waals surface area contributed by atoms with Crippen molar-refractivity contribution in [3.8, 4) is 39.1 Å². The number of nitrogens with zero attached hydrogens (tertiary/aromatic N) is 2. The summed E-state index contributed by atoms with van der Waals surface area (Å²) in [5.74, 6) is -0.391. The SMILES string of the molecule is CC1=CC(c2ccc3c(c2)c2cc(-c4cc(C)cc(C)c4)ccc2n3-c2cccc3c2C(=O)N(c2c(-c4ccccc4)cccc2-c2ccccc2)C3=O)CC(C)=C1. The highest BCUT2D eigenvalue weighted by Crippen LogP contribution is 2.45. The number of imide groups is 1. The lowest BCUT2D eigenvalue weighted by atomic mass is 9.86. The molecule has 0 radical (unpaired) electrons. The van der Waals surface area contributed by atoms with Gasteiger partial charge in [0.2, 0.25) is 0 Å². The van der Waals surface area contributed by atoms with Gasteiger partial charge in [0, 0.05) is 27.8 Å². The van der Waals surface area contributed by atoms with Gasteiger partial charge in [0.05, 0.1) is 33.5 Å². The number of carbonyl (C=O) groups excluding carboxylic acids is 2. The van der Waals surface area contributed by atoms with Gasteiger partial charge in [0.15, 0.2) is 0 Å². The lowest BCUT2D eigenvalue weighted by molar-refractivity contribution is 0.0926. The van der Waals surface area contributed by atoms with Crippen LogP contribution in [0.15, 0.2) is 175 Å². The van der Waals surface area contributed by atoms with E-state index in [1.165, 1.54) is 38.3 Å². The third kappa shape index (κ3) is 5.83. The molecule has 280 valence electrons. The fourth-order valence-corrected chi connectivity index (χ4v) is 9.43. The largest absolute Gasteiger partial charge is 0.308 e. The number of aryl methyl sites for hydroxylation is 2. The van der Waals surface area contributed by atoms with Crippen LogP contribution in [0.5, 0.6) is 0 Å². The highest BCUT2D eigenvalue weighted by molar-refractivity contribution is 6.37. The molecule has 1 unspecified atom stereocenters. The molecule has 1 aliphatic carbocycles. The predicted molar refractivity (Wildman–Crippen MR) is 239 cm³/mol. The normalized spacial score (nSPS) is 15.2. The zero-order valence-electron chi connectivity index (χ0n) is 33.1. The van der Waals surface area contributed by atoms with Crippen LogP contribution in [0.2, 0.25) is 0 Å². The molecule has 4 heteroatoms. The molecule has 0 spiro atoms. The van der Waals surface area contributed by atoms with E-state index in [1.807, 2.05) is 91.0 Å². The Morgan fingerprint density at radius 1 is 0.517 bits per heavy atom. The number of aromatic nitrogens is 1. The number of amides is 2. The number of carbonyl (C=O) groups is 2. The van der Waals surface area contributed by atoms with Gasteiger partial charge in [-0.2, -0.15) is 0 Å². The maximum atomic E-state index is 15.3. The summed E-state index contributed by atoms with van der Waals surface area (Å²) in [6, 6.07) is 51.8. The van der Waals surface area contributed by atoms with E-state index in [0.29, 0.717) is 22.5 Å². The summed E-state index contributed by atoms with van der Waals surface area (Å²) in [7, 11) is 0. The molecule has 0 bridgehead atoms. The first-order chi connectivity index (χ1) is 28.2. The van der Waals surface area contributed by atoms with Gasteiger partial charge in [-0.15, -0.1) is 0 Å². The van der Waals surface area contributed by atoms with Gasteiger partial charge >= 0.3 is 0 Å². The molecule has 1 atom stereocenters. The highest BCUT2D eigenvalue weighted by Gasteiger charge is 2.41. The van der Waals surface area contributed by atoms with E-state index < -0.39 is 0 Å². The van der Waals surface area contributed by atoms with E-state index in [-0.39, 0.29) is 17.7 Å². The van der Waals surface area contributed by atoms with E-state index >= 15 is 4.79 Å². The molecule has 1 aromatic heterocycles. The summed E-state index contributed by atoms with van der Waals surface area (Å²) >= 11 is 0. The topological polar surface area (TPSA) is 42.3 Å². The maximum Gasteiger partial charge on any atom is 0.268 e. The van der Waals surface area contributed by atoms with Crippen molar-refractivity contribution >= 4 is 39.3 Å². The number of hydrogen-bond acceptors (Lipinski definition) is 2. The maximum absolute atomic E-state index is 15.3. The number of fused-ring (bicyclic) bond motifs is 4. The van der Waals surface area contributed by atoms with E-state index in [4.69, 9.17) is 0 Å². The Bertz CT molecular complexity index is 2980. The van der Waals surface area contributed by atoms with Crippen molar-refractivity contribution in [3.05, 3.63) is 203 Å². The summed E-state index contributed by atoms with van der Waals surface area (Å²) in [5.41, 5.74) is 16.2. The first-order valence-corrected chi connectivity index (χ1v) is 20.0. The molecule has 4 nitrogen and oxygen atoms in total. The average Bonchev–Trinajstić information content (AvgIpc) is 3.69. The van der Waals surface area contributed by atoms with E-state index in [9.17, 15) is 4.79 Å². The Balaban J connectivity index is 1.19. The van der Waals surface area contributed by atoms with Crippen molar-refractivity contribution in [3.63, 3.8) is 0 Å². The summed E-state index contributed by atoms with van der Waals surface area (Å²) in [6.45, 7) is 8.67. The van der Waals surface area contributed by atoms with Gasteiger partial charge in [-0.25, -0.2) is 4.90 Å². The molecular formula is C54H42N2O2. The van der Waals surface area contributed by atoms with Crippen LogP contribution in [0.3, 0.4) is 0 Å². The van der Waals surface area contributed by atoms with Gasteiger partial charge in [-0.3, -0.25) is 9.59 Å². The van der Waals surface area contributed by atoms with Crippen LogP contribution in [-0.2, 0) is 0 Å². The second-order valence-electron chi connectivity index (χ2n) is 16.0. The Morgan fingerprint density at radius 2 is 1.12 bits per heavy atom. The molecule has 0 fully saturated rings. The van der Waals surface area contributed by atoms with E-state index in [1.54, 1.807) is 6.07 Å². The third-order valence-electron chi connectivity index (χ3n) is 11.8. The lowest BCUT2D eigenvalue weighted by Gasteiger charge is -2.23. The first kappa shape index (κ1) is 35.4. The molecule has 2 heterocycles. The zero-order chi connectivity index (χ0) is 39.7. The molecule has 7 aromatic carbocycles. The van der Waals surface area contributed by atoms with E-state index in [2.05, 4.69) is 99.0 Å². The number of para-hydroxylation sites is 1. The Kier molecular flexibility index (Phi) is 8.45. The van der Waals surface area contributed by atoms with Crippen molar-refractivity contribution in [1.82, 2.24) is 4.57 Å². The minimum Gasteiger partial charge on any atom is -0.308 e. The van der Waals surface area contributed by atoms with Gasteiger partial charge in [0.1, 0.15) is 0 Å². The summed E-state index contributed by atoms with van der Waals surface area (Å²) in [4.78, 5) is 31.5. The van der Waals surface area contributed by atoms with Gasteiger partial charge in [-0.1, -0.05) is 150 Å². The Morgan fingerprint density at radius 3 is 1.78 bits per heavy atom. The molecule has 2 amide bonds. The summed E-state index contributed by atoms with van der Waals surface area (Å²) in [5, 5.41) is 2.22. The average molecular weight is 751 g/mol. The number of allylic oxidation sites excluding steroid dienone is 4.